The fourth-order valence-corrected chi connectivity index (χ4v) is 0.804. The molecular formula is C7H11Cl3N2O2. The van der Waals surface area contributed by atoms with E-state index in [0.29, 0.717) is 13.0 Å². The number of nitrogens with one attached hydrogen (secondary N) is 2. The average Bonchev–Trinajstić information content (AvgIpc) is 2.09. The Labute approximate surface area is 97.3 Å². The van der Waals surface area contributed by atoms with Crippen molar-refractivity contribution < 1.29 is 9.59 Å². The third kappa shape index (κ3) is 6.29. The van der Waals surface area contributed by atoms with Crippen LogP contribution in [0.25, 0.3) is 0 Å². The number of hydrogen-bond acceptors (Lipinski definition) is 2. The molecule has 0 aliphatic heterocycles. The highest BCUT2D eigenvalue weighted by atomic mass is 35.6. The topological polar surface area (TPSA) is 58.2 Å². The molecule has 0 aliphatic rings. The van der Waals surface area contributed by atoms with E-state index in [1.54, 1.807) is 6.92 Å². The van der Waals surface area contributed by atoms with Crippen molar-refractivity contribution in [3.63, 3.8) is 0 Å². The molecule has 0 aromatic rings. The first-order chi connectivity index (χ1) is 6.38. The molecule has 0 saturated carbocycles. The second-order valence-electron chi connectivity index (χ2n) is 2.46. The molecule has 2 N–H and O–H groups in total. The van der Waals surface area contributed by atoms with E-state index in [1.165, 1.54) is 0 Å². The smallest absolute Gasteiger partial charge is 0.272 e. The van der Waals surface area contributed by atoms with E-state index in [4.69, 9.17) is 34.8 Å². The summed E-state index contributed by atoms with van der Waals surface area (Å²) < 4.78 is -1.95. The first kappa shape index (κ1) is 13.8. The summed E-state index contributed by atoms with van der Waals surface area (Å²) in [6, 6.07) is 0. The lowest BCUT2D eigenvalue weighted by molar-refractivity contribution is -0.122. The Bertz CT molecular complexity index is 215. The average molecular weight is 262 g/mol. The van der Waals surface area contributed by atoms with Gasteiger partial charge in [0, 0.05) is 19.5 Å². The van der Waals surface area contributed by atoms with Gasteiger partial charge in [-0.25, -0.2) is 0 Å². The lowest BCUT2D eigenvalue weighted by Gasteiger charge is -2.11. The summed E-state index contributed by atoms with van der Waals surface area (Å²) in [4.78, 5) is 21.7. The lowest BCUT2D eigenvalue weighted by atomic mass is 10.4. The van der Waals surface area contributed by atoms with E-state index >= 15 is 0 Å². The van der Waals surface area contributed by atoms with Gasteiger partial charge in [-0.2, -0.15) is 0 Å². The Morgan fingerprint density at radius 3 is 2.07 bits per heavy atom. The van der Waals surface area contributed by atoms with Crippen molar-refractivity contribution in [1.29, 1.82) is 0 Å². The van der Waals surface area contributed by atoms with Crippen LogP contribution in [0.1, 0.15) is 13.3 Å². The molecule has 0 rings (SSSR count). The zero-order chi connectivity index (χ0) is 11.2. The molecule has 0 bridgehead atoms. The quantitative estimate of drug-likeness (QED) is 0.586. The molecule has 0 radical (unpaired) electrons. The molecular weight excluding hydrogens is 250 g/mol. The van der Waals surface area contributed by atoms with Gasteiger partial charge in [0.2, 0.25) is 5.91 Å². The van der Waals surface area contributed by atoms with Crippen molar-refractivity contribution in [1.82, 2.24) is 10.6 Å². The maximum Gasteiger partial charge on any atom is 0.272 e. The molecule has 0 unspecified atom stereocenters. The zero-order valence-corrected chi connectivity index (χ0v) is 9.84. The van der Waals surface area contributed by atoms with Gasteiger partial charge < -0.3 is 10.6 Å². The Balaban J connectivity index is 3.56. The molecule has 0 aromatic heterocycles. The number of alkyl halides is 3. The predicted octanol–water partition coefficient (Wildman–Crippen LogP) is 0.999. The van der Waals surface area contributed by atoms with Crippen LogP contribution in [0.2, 0.25) is 0 Å². The summed E-state index contributed by atoms with van der Waals surface area (Å²) in [5, 5.41) is 4.91. The normalized spacial score (nSPS) is 10.9. The van der Waals surface area contributed by atoms with Crippen LogP contribution in [-0.2, 0) is 9.59 Å². The molecule has 0 saturated heterocycles. The van der Waals surface area contributed by atoms with Gasteiger partial charge in [0.05, 0.1) is 0 Å². The second kappa shape index (κ2) is 6.32. The first-order valence-corrected chi connectivity index (χ1v) is 5.13. The van der Waals surface area contributed by atoms with Crippen LogP contribution >= 0.6 is 34.8 Å². The first-order valence-electron chi connectivity index (χ1n) is 3.99. The molecule has 82 valence electrons. The molecule has 14 heavy (non-hydrogen) atoms. The molecule has 4 nitrogen and oxygen atoms in total. The van der Waals surface area contributed by atoms with E-state index < -0.39 is 9.70 Å². The van der Waals surface area contributed by atoms with Crippen LogP contribution in [0.4, 0.5) is 0 Å². The van der Waals surface area contributed by atoms with Gasteiger partial charge in [-0.3, -0.25) is 9.59 Å². The number of rotatable bonds is 4. The number of carbonyl (C=O) groups excluding carboxylic acids is 2. The van der Waals surface area contributed by atoms with Crippen molar-refractivity contribution in [3.05, 3.63) is 0 Å². The summed E-state index contributed by atoms with van der Waals surface area (Å²) in [7, 11) is 0. The molecule has 2 amide bonds. The highest BCUT2D eigenvalue weighted by Gasteiger charge is 2.29. The van der Waals surface area contributed by atoms with Crippen molar-refractivity contribution >= 4 is 46.6 Å². The maximum absolute atomic E-state index is 11.0. The molecule has 0 aliphatic carbocycles. The molecule has 0 atom stereocenters. The highest BCUT2D eigenvalue weighted by Crippen LogP contribution is 2.25. The van der Waals surface area contributed by atoms with Crippen molar-refractivity contribution in [3.8, 4) is 0 Å². The fraction of sp³-hybridized carbons (Fsp3) is 0.714. The SMILES string of the molecule is CCC(=O)NCCNC(=O)C(Cl)(Cl)Cl. The third-order valence-electron chi connectivity index (χ3n) is 1.31. The summed E-state index contributed by atoms with van der Waals surface area (Å²) in [6.45, 7) is 2.28. The third-order valence-corrected chi connectivity index (χ3v) is 1.83. The van der Waals surface area contributed by atoms with Gasteiger partial charge in [0.1, 0.15) is 0 Å². The summed E-state index contributed by atoms with van der Waals surface area (Å²) in [5.41, 5.74) is 0. The largest absolute Gasteiger partial charge is 0.354 e. The van der Waals surface area contributed by atoms with Crippen LogP contribution in [0.15, 0.2) is 0 Å². The lowest BCUT2D eigenvalue weighted by Crippen LogP contribution is -2.39. The maximum atomic E-state index is 11.0. The van der Waals surface area contributed by atoms with E-state index in [-0.39, 0.29) is 12.5 Å². The Morgan fingerprint density at radius 1 is 1.14 bits per heavy atom. The minimum atomic E-state index is -1.95. The highest BCUT2D eigenvalue weighted by molar-refractivity contribution is 6.76. The van der Waals surface area contributed by atoms with Gasteiger partial charge in [-0.05, 0) is 0 Å². The van der Waals surface area contributed by atoms with Crippen LogP contribution in [-0.4, -0.2) is 28.7 Å². The van der Waals surface area contributed by atoms with E-state index in [0.717, 1.165) is 0 Å². The van der Waals surface area contributed by atoms with Gasteiger partial charge in [-0.15, -0.1) is 0 Å². The summed E-state index contributed by atoms with van der Waals surface area (Å²) in [5.74, 6) is -0.790. The van der Waals surface area contributed by atoms with Crippen LogP contribution in [0.3, 0.4) is 0 Å². The number of halogens is 3. The number of hydrogen-bond donors (Lipinski definition) is 2. The fourth-order valence-electron chi connectivity index (χ4n) is 0.603. The molecule has 0 aromatic carbocycles. The molecule has 0 heterocycles. The van der Waals surface area contributed by atoms with Crippen molar-refractivity contribution in [2.75, 3.05) is 13.1 Å². The number of amides is 2. The molecule has 0 fully saturated rings. The minimum Gasteiger partial charge on any atom is -0.354 e. The van der Waals surface area contributed by atoms with Gasteiger partial charge >= 0.3 is 0 Å². The van der Waals surface area contributed by atoms with E-state index in [1.807, 2.05) is 0 Å². The summed E-state index contributed by atoms with van der Waals surface area (Å²) >= 11 is 15.9. The second-order valence-corrected chi connectivity index (χ2v) is 4.74. The Kier molecular flexibility index (Phi) is 6.24. The Hall–Kier alpha value is -0.190. The van der Waals surface area contributed by atoms with Gasteiger partial charge in [-0.1, -0.05) is 41.7 Å². The standard InChI is InChI=1S/C7H11Cl3N2O2/c1-2-5(13)11-3-4-12-6(14)7(8,9)10/h2-4H2,1H3,(H,11,13)(H,12,14). The molecule has 7 heteroatoms. The van der Waals surface area contributed by atoms with Crippen LogP contribution in [0, 0.1) is 0 Å². The molecule has 0 spiro atoms. The van der Waals surface area contributed by atoms with Gasteiger partial charge in [0.15, 0.2) is 0 Å². The van der Waals surface area contributed by atoms with Gasteiger partial charge in [0.25, 0.3) is 9.70 Å². The van der Waals surface area contributed by atoms with Crippen molar-refractivity contribution in [2.45, 2.75) is 17.1 Å². The van der Waals surface area contributed by atoms with E-state index in [9.17, 15) is 9.59 Å². The predicted molar refractivity (Wildman–Crippen MR) is 56.6 cm³/mol. The van der Waals surface area contributed by atoms with Crippen LogP contribution in [0.5, 0.6) is 0 Å². The monoisotopic (exact) mass is 260 g/mol. The minimum absolute atomic E-state index is 0.0897. The number of carbonyl (C=O) groups is 2. The zero-order valence-electron chi connectivity index (χ0n) is 7.57. The summed E-state index contributed by atoms with van der Waals surface area (Å²) in [6.07, 6.45) is 0.401. The van der Waals surface area contributed by atoms with E-state index in [2.05, 4.69) is 10.6 Å². The Morgan fingerprint density at radius 2 is 1.64 bits per heavy atom. The van der Waals surface area contributed by atoms with Crippen molar-refractivity contribution in [2.24, 2.45) is 0 Å². The van der Waals surface area contributed by atoms with Crippen LogP contribution < -0.4 is 10.6 Å².